The van der Waals surface area contributed by atoms with Gasteiger partial charge < -0.3 is 10.6 Å². The van der Waals surface area contributed by atoms with Gasteiger partial charge in [-0.05, 0) is 56.3 Å². The van der Waals surface area contributed by atoms with Crippen LogP contribution in [-0.2, 0) is 10.0 Å². The summed E-state index contributed by atoms with van der Waals surface area (Å²) in [5.74, 6) is -0.295. The third-order valence-corrected chi connectivity index (χ3v) is 6.13. The number of sulfonamides is 1. The Hall–Kier alpha value is -1.60. The van der Waals surface area contributed by atoms with Gasteiger partial charge >= 0.3 is 0 Å². The van der Waals surface area contributed by atoms with Crippen molar-refractivity contribution < 1.29 is 13.2 Å². The summed E-state index contributed by atoms with van der Waals surface area (Å²) in [5, 5.41) is 5.94. The first-order valence-electron chi connectivity index (χ1n) is 7.45. The summed E-state index contributed by atoms with van der Waals surface area (Å²) in [4.78, 5) is 12.2. The number of hydrogen-bond donors (Lipinski definition) is 3. The molecule has 0 aromatic heterocycles. The number of amides is 1. The zero-order valence-electron chi connectivity index (χ0n) is 12.8. The topological polar surface area (TPSA) is 87.3 Å². The van der Waals surface area contributed by atoms with E-state index in [1.165, 1.54) is 39.1 Å². The van der Waals surface area contributed by atoms with Crippen molar-refractivity contribution in [1.82, 2.24) is 10.0 Å². The maximum Gasteiger partial charge on any atom is 0.253 e. The van der Waals surface area contributed by atoms with Gasteiger partial charge in [-0.25, -0.2) is 13.1 Å². The summed E-state index contributed by atoms with van der Waals surface area (Å²) in [5.41, 5.74) is 1.62. The van der Waals surface area contributed by atoms with E-state index < -0.39 is 10.0 Å². The number of benzene rings is 1. The normalized spacial score (nSPS) is 19.5. The summed E-state index contributed by atoms with van der Waals surface area (Å²) in [6.07, 6.45) is 4.90. The Morgan fingerprint density at radius 2 is 1.91 bits per heavy atom. The molecule has 0 saturated heterocycles. The quantitative estimate of drug-likeness (QED) is 0.762. The van der Waals surface area contributed by atoms with Crippen molar-refractivity contribution in [3.63, 3.8) is 0 Å². The van der Waals surface area contributed by atoms with Crippen LogP contribution in [0.1, 0.15) is 36.0 Å². The van der Waals surface area contributed by atoms with E-state index in [2.05, 4.69) is 15.4 Å². The zero-order chi connectivity index (χ0) is 16.0. The van der Waals surface area contributed by atoms with Crippen molar-refractivity contribution in [2.75, 3.05) is 19.4 Å². The van der Waals surface area contributed by atoms with Gasteiger partial charge in [0.25, 0.3) is 5.91 Å². The van der Waals surface area contributed by atoms with Gasteiger partial charge in [-0.15, -0.1) is 0 Å². The number of anilines is 1. The maximum atomic E-state index is 12.1. The number of rotatable bonds is 5. The Morgan fingerprint density at radius 3 is 2.45 bits per heavy atom. The van der Waals surface area contributed by atoms with E-state index in [1.54, 1.807) is 6.07 Å². The van der Waals surface area contributed by atoms with Crippen LogP contribution in [0, 0.1) is 5.41 Å². The van der Waals surface area contributed by atoms with Gasteiger partial charge in [0.15, 0.2) is 0 Å². The zero-order valence-corrected chi connectivity index (χ0v) is 13.6. The van der Waals surface area contributed by atoms with Gasteiger partial charge in [-0.3, -0.25) is 4.79 Å². The van der Waals surface area contributed by atoms with E-state index in [-0.39, 0.29) is 10.8 Å². The molecule has 0 aliphatic heterocycles. The molecule has 0 atom stereocenters. The summed E-state index contributed by atoms with van der Waals surface area (Å²) < 4.78 is 26.1. The minimum absolute atomic E-state index is 0.0893. The van der Waals surface area contributed by atoms with Gasteiger partial charge in [0.2, 0.25) is 10.0 Å². The lowest BCUT2D eigenvalue weighted by molar-refractivity contribution is 0.0963. The third-order valence-electron chi connectivity index (χ3n) is 4.72. The molecule has 1 amide bonds. The Bertz CT molecular complexity index is 703. The number of carbonyl (C=O) groups excluding carboxylic acids is 1. The van der Waals surface area contributed by atoms with Crippen LogP contribution in [0.2, 0.25) is 0 Å². The fourth-order valence-corrected chi connectivity index (χ4v) is 3.91. The SMILES string of the molecule is CNC(=O)c1cc(S(=O)(=O)NC)ccc1NC1CC2(CC2)C1. The van der Waals surface area contributed by atoms with Gasteiger partial charge in [0, 0.05) is 18.8 Å². The minimum atomic E-state index is -3.57. The first-order chi connectivity index (χ1) is 10.4. The van der Waals surface area contributed by atoms with Crippen LogP contribution >= 0.6 is 0 Å². The van der Waals surface area contributed by atoms with Crippen molar-refractivity contribution in [2.45, 2.75) is 36.6 Å². The molecule has 3 rings (SSSR count). The highest BCUT2D eigenvalue weighted by Gasteiger charge is 2.52. The molecular formula is C15H21N3O3S. The van der Waals surface area contributed by atoms with Crippen LogP contribution in [-0.4, -0.2) is 34.5 Å². The largest absolute Gasteiger partial charge is 0.382 e. The first kappa shape index (κ1) is 15.3. The molecule has 2 saturated carbocycles. The number of nitrogens with one attached hydrogen (secondary N) is 3. The predicted octanol–water partition coefficient (Wildman–Crippen LogP) is 1.31. The van der Waals surface area contributed by atoms with Crippen molar-refractivity contribution in [1.29, 1.82) is 0 Å². The fourth-order valence-electron chi connectivity index (χ4n) is 3.15. The van der Waals surface area contributed by atoms with Crippen LogP contribution in [0.15, 0.2) is 23.1 Å². The molecule has 6 nitrogen and oxygen atoms in total. The van der Waals surface area contributed by atoms with Crippen LogP contribution in [0.5, 0.6) is 0 Å². The number of hydrogen-bond acceptors (Lipinski definition) is 4. The van der Waals surface area contributed by atoms with Gasteiger partial charge in [-0.2, -0.15) is 0 Å². The average molecular weight is 323 g/mol. The minimum Gasteiger partial charge on any atom is -0.382 e. The van der Waals surface area contributed by atoms with Crippen molar-refractivity contribution in [3.05, 3.63) is 23.8 Å². The Kier molecular flexibility index (Phi) is 3.65. The Morgan fingerprint density at radius 1 is 1.23 bits per heavy atom. The average Bonchev–Trinajstić information content (AvgIpc) is 3.27. The molecule has 2 aliphatic carbocycles. The summed E-state index contributed by atoms with van der Waals surface area (Å²) in [6.45, 7) is 0. The smallest absolute Gasteiger partial charge is 0.253 e. The lowest BCUT2D eigenvalue weighted by Crippen LogP contribution is -2.37. The molecule has 1 spiro atoms. The van der Waals surface area contributed by atoms with E-state index in [1.807, 2.05) is 0 Å². The molecular weight excluding hydrogens is 302 g/mol. The van der Waals surface area contributed by atoms with Crippen molar-refractivity contribution in [3.8, 4) is 0 Å². The van der Waals surface area contributed by atoms with E-state index >= 15 is 0 Å². The summed E-state index contributed by atoms with van der Waals surface area (Å²) >= 11 is 0. The lowest BCUT2D eigenvalue weighted by Gasteiger charge is -2.37. The molecule has 7 heteroatoms. The molecule has 2 fully saturated rings. The monoisotopic (exact) mass is 323 g/mol. The molecule has 0 bridgehead atoms. The molecule has 0 unspecified atom stereocenters. The van der Waals surface area contributed by atoms with E-state index in [0.717, 1.165) is 12.8 Å². The predicted molar refractivity (Wildman–Crippen MR) is 84.4 cm³/mol. The van der Waals surface area contributed by atoms with E-state index in [0.29, 0.717) is 22.7 Å². The lowest BCUT2D eigenvalue weighted by atomic mass is 9.77. The second-order valence-corrected chi connectivity index (χ2v) is 8.13. The highest BCUT2D eigenvalue weighted by molar-refractivity contribution is 7.89. The molecule has 3 N–H and O–H groups in total. The third kappa shape index (κ3) is 2.70. The molecule has 2 aliphatic rings. The fraction of sp³-hybridized carbons (Fsp3) is 0.533. The molecule has 0 heterocycles. The molecule has 22 heavy (non-hydrogen) atoms. The number of carbonyl (C=O) groups is 1. The Balaban J connectivity index is 1.86. The second-order valence-electron chi connectivity index (χ2n) is 6.24. The molecule has 120 valence electrons. The van der Waals surface area contributed by atoms with E-state index in [9.17, 15) is 13.2 Å². The first-order valence-corrected chi connectivity index (χ1v) is 8.94. The standard InChI is InChI=1S/C15H21N3O3S/c1-16-14(19)12-7-11(22(20,21)17-2)3-4-13(12)18-10-8-15(9-10)5-6-15/h3-4,7,10,17-18H,5-6,8-9H2,1-2H3,(H,16,19). The van der Waals surface area contributed by atoms with Crippen LogP contribution in [0.3, 0.4) is 0 Å². The summed E-state index contributed by atoms with van der Waals surface area (Å²) in [7, 11) is -0.678. The highest BCUT2D eigenvalue weighted by Crippen LogP contribution is 2.61. The van der Waals surface area contributed by atoms with Gasteiger partial charge in [0.05, 0.1) is 10.5 Å². The van der Waals surface area contributed by atoms with Crippen LogP contribution in [0.25, 0.3) is 0 Å². The van der Waals surface area contributed by atoms with Crippen LogP contribution < -0.4 is 15.4 Å². The second kappa shape index (κ2) is 5.24. The summed E-state index contributed by atoms with van der Waals surface area (Å²) in [6, 6.07) is 4.98. The highest BCUT2D eigenvalue weighted by atomic mass is 32.2. The molecule has 1 aromatic carbocycles. The van der Waals surface area contributed by atoms with Crippen molar-refractivity contribution >= 4 is 21.6 Å². The molecule has 1 aromatic rings. The van der Waals surface area contributed by atoms with Gasteiger partial charge in [0.1, 0.15) is 0 Å². The van der Waals surface area contributed by atoms with Crippen molar-refractivity contribution in [2.24, 2.45) is 5.41 Å². The van der Waals surface area contributed by atoms with E-state index in [4.69, 9.17) is 0 Å². The van der Waals surface area contributed by atoms with Crippen LogP contribution in [0.4, 0.5) is 5.69 Å². The Labute approximate surface area is 130 Å². The van der Waals surface area contributed by atoms with Gasteiger partial charge in [-0.1, -0.05) is 0 Å². The maximum absolute atomic E-state index is 12.1. The molecule has 0 radical (unpaired) electrons.